The predicted octanol–water partition coefficient (Wildman–Crippen LogP) is 1.58. The van der Waals surface area contributed by atoms with Gasteiger partial charge in [-0.15, -0.1) is 5.10 Å². The number of ether oxygens (including phenoxy) is 2. The third-order valence-electron chi connectivity index (χ3n) is 4.20. The first kappa shape index (κ1) is 22.2. The molecule has 0 saturated heterocycles. The molecule has 1 heterocycles. The molecule has 9 nitrogen and oxygen atoms in total. The molecule has 0 radical (unpaired) electrons. The van der Waals surface area contributed by atoms with Crippen molar-refractivity contribution in [3.05, 3.63) is 59.8 Å². The highest BCUT2D eigenvalue weighted by atomic mass is 32.1. The second kappa shape index (κ2) is 11.0. The van der Waals surface area contributed by atoms with Gasteiger partial charge in [0.05, 0.1) is 4.88 Å². The van der Waals surface area contributed by atoms with Crippen LogP contribution in [0, 0.1) is 11.3 Å². The van der Waals surface area contributed by atoms with Crippen LogP contribution < -0.4 is 20.5 Å². The molecule has 2 aromatic carbocycles. The average Bonchev–Trinajstić information content (AvgIpc) is 3.27. The molecule has 1 unspecified atom stereocenters. The summed E-state index contributed by atoms with van der Waals surface area (Å²) in [5, 5.41) is 26.1. The molecule has 3 aromatic rings. The number of nitrogens with one attached hydrogen (secondary N) is 1. The standard InChI is InChI=1S/C21H21N5O4S/c22-11-19-20(31-26-25-19)15-2-1-3-18(10-15)30-13-16(27)12-24-8-9-29-17-6-4-14(5-7-17)21(23)28/h1-7,10,16,24,27H,8-9,12-13H2,(H2,23,28). The van der Waals surface area contributed by atoms with Crippen LogP contribution in [0.3, 0.4) is 0 Å². The van der Waals surface area contributed by atoms with E-state index in [0.29, 0.717) is 41.6 Å². The Kier molecular flexibility index (Phi) is 7.89. The maximum Gasteiger partial charge on any atom is 0.248 e. The van der Waals surface area contributed by atoms with E-state index in [4.69, 9.17) is 20.5 Å². The zero-order valence-electron chi connectivity index (χ0n) is 16.5. The Hall–Kier alpha value is -3.52. The summed E-state index contributed by atoms with van der Waals surface area (Å²) in [6, 6.07) is 15.8. The molecular formula is C21H21N5O4S. The van der Waals surface area contributed by atoms with Gasteiger partial charge in [0.1, 0.15) is 36.9 Å². The first-order valence-electron chi connectivity index (χ1n) is 9.44. The van der Waals surface area contributed by atoms with Crippen LogP contribution in [0.4, 0.5) is 0 Å². The van der Waals surface area contributed by atoms with Crippen molar-refractivity contribution in [2.24, 2.45) is 5.73 Å². The Balaban J connectivity index is 1.37. The molecule has 4 N–H and O–H groups in total. The van der Waals surface area contributed by atoms with Crippen molar-refractivity contribution < 1.29 is 19.4 Å². The molecule has 1 amide bonds. The number of aliphatic hydroxyl groups excluding tert-OH is 1. The SMILES string of the molecule is N#Cc1nnsc1-c1cccc(OCC(O)CNCCOc2ccc(C(N)=O)cc2)c1. The summed E-state index contributed by atoms with van der Waals surface area (Å²) in [7, 11) is 0. The molecule has 0 fully saturated rings. The number of aliphatic hydroxyl groups is 1. The van der Waals surface area contributed by atoms with Crippen molar-refractivity contribution >= 4 is 17.4 Å². The van der Waals surface area contributed by atoms with Crippen molar-refractivity contribution in [1.82, 2.24) is 14.9 Å². The topological polar surface area (TPSA) is 143 Å². The first-order chi connectivity index (χ1) is 15.1. The predicted molar refractivity (Wildman–Crippen MR) is 115 cm³/mol. The summed E-state index contributed by atoms with van der Waals surface area (Å²) in [5.41, 5.74) is 6.68. The van der Waals surface area contributed by atoms with Crippen LogP contribution in [0.25, 0.3) is 10.4 Å². The summed E-state index contributed by atoms with van der Waals surface area (Å²) in [6.07, 6.45) is -0.710. The first-order valence-corrected chi connectivity index (χ1v) is 10.2. The minimum atomic E-state index is -0.710. The second-order valence-electron chi connectivity index (χ2n) is 6.50. The third-order valence-corrected chi connectivity index (χ3v) is 4.97. The Morgan fingerprint density at radius 3 is 2.77 bits per heavy atom. The van der Waals surface area contributed by atoms with Gasteiger partial charge in [-0.2, -0.15) is 5.26 Å². The lowest BCUT2D eigenvalue weighted by Crippen LogP contribution is -2.33. The van der Waals surface area contributed by atoms with Gasteiger partial charge in [0, 0.05) is 18.7 Å². The van der Waals surface area contributed by atoms with E-state index >= 15 is 0 Å². The zero-order chi connectivity index (χ0) is 22.1. The number of amides is 1. The molecule has 160 valence electrons. The van der Waals surface area contributed by atoms with Gasteiger partial charge in [0.2, 0.25) is 5.91 Å². The van der Waals surface area contributed by atoms with Crippen LogP contribution in [0.1, 0.15) is 16.1 Å². The van der Waals surface area contributed by atoms with E-state index in [-0.39, 0.29) is 12.3 Å². The summed E-state index contributed by atoms with van der Waals surface area (Å²) < 4.78 is 15.0. The Labute approximate surface area is 183 Å². The highest BCUT2D eigenvalue weighted by Gasteiger charge is 2.11. The molecule has 1 aromatic heterocycles. The lowest BCUT2D eigenvalue weighted by molar-refractivity contribution is 0.1000. The van der Waals surface area contributed by atoms with Crippen LogP contribution in [-0.2, 0) is 0 Å². The highest BCUT2D eigenvalue weighted by molar-refractivity contribution is 7.09. The molecule has 1 atom stereocenters. The monoisotopic (exact) mass is 439 g/mol. The van der Waals surface area contributed by atoms with E-state index in [2.05, 4.69) is 14.9 Å². The van der Waals surface area contributed by atoms with E-state index in [0.717, 1.165) is 17.1 Å². The van der Waals surface area contributed by atoms with Crippen molar-refractivity contribution in [3.63, 3.8) is 0 Å². The minimum absolute atomic E-state index is 0.109. The van der Waals surface area contributed by atoms with Gasteiger partial charge in [0.25, 0.3) is 0 Å². The summed E-state index contributed by atoms with van der Waals surface area (Å²) in [5.74, 6) is 0.728. The maximum absolute atomic E-state index is 11.0. The van der Waals surface area contributed by atoms with Crippen LogP contribution in [0.2, 0.25) is 0 Å². The van der Waals surface area contributed by atoms with Crippen LogP contribution >= 0.6 is 11.5 Å². The molecule has 31 heavy (non-hydrogen) atoms. The van der Waals surface area contributed by atoms with Crippen molar-refractivity contribution in [3.8, 4) is 28.0 Å². The van der Waals surface area contributed by atoms with Gasteiger partial charge < -0.3 is 25.6 Å². The van der Waals surface area contributed by atoms with E-state index in [1.54, 1.807) is 36.4 Å². The number of nitriles is 1. The Morgan fingerprint density at radius 1 is 1.23 bits per heavy atom. The van der Waals surface area contributed by atoms with E-state index in [1.807, 2.05) is 18.2 Å². The number of rotatable bonds is 11. The molecule has 0 spiro atoms. The Morgan fingerprint density at radius 2 is 2.03 bits per heavy atom. The molecule has 3 rings (SSSR count). The molecular weight excluding hydrogens is 418 g/mol. The van der Waals surface area contributed by atoms with Gasteiger partial charge in [0.15, 0.2) is 5.69 Å². The lowest BCUT2D eigenvalue weighted by Gasteiger charge is -2.14. The molecule has 0 aliphatic carbocycles. The van der Waals surface area contributed by atoms with Crippen LogP contribution in [0.5, 0.6) is 11.5 Å². The largest absolute Gasteiger partial charge is 0.492 e. The maximum atomic E-state index is 11.0. The van der Waals surface area contributed by atoms with E-state index in [9.17, 15) is 9.90 Å². The second-order valence-corrected chi connectivity index (χ2v) is 7.25. The molecule has 10 heteroatoms. The van der Waals surface area contributed by atoms with Gasteiger partial charge in [-0.05, 0) is 53.5 Å². The van der Waals surface area contributed by atoms with Crippen LogP contribution in [0.15, 0.2) is 48.5 Å². The fraction of sp³-hybridized carbons (Fsp3) is 0.238. The summed E-state index contributed by atoms with van der Waals surface area (Å²) >= 11 is 1.15. The van der Waals surface area contributed by atoms with E-state index < -0.39 is 12.0 Å². The van der Waals surface area contributed by atoms with Crippen molar-refractivity contribution in [2.75, 3.05) is 26.3 Å². The normalized spacial score (nSPS) is 11.5. The quantitative estimate of drug-likeness (QED) is 0.382. The number of primary amides is 1. The molecule has 0 aliphatic heterocycles. The van der Waals surface area contributed by atoms with Gasteiger partial charge >= 0.3 is 0 Å². The number of nitrogens with zero attached hydrogens (tertiary/aromatic N) is 3. The third kappa shape index (κ3) is 6.48. The molecule has 0 saturated carbocycles. The minimum Gasteiger partial charge on any atom is -0.492 e. The fourth-order valence-corrected chi connectivity index (χ4v) is 3.27. The number of nitrogens with two attached hydrogens (primary N) is 1. The number of carbonyl (C=O) groups excluding carboxylic acids is 1. The number of carbonyl (C=O) groups is 1. The van der Waals surface area contributed by atoms with E-state index in [1.165, 1.54) is 0 Å². The summed E-state index contributed by atoms with van der Waals surface area (Å²) in [6.45, 7) is 1.37. The average molecular weight is 439 g/mol. The number of benzene rings is 2. The number of aromatic nitrogens is 2. The van der Waals surface area contributed by atoms with Gasteiger partial charge in [-0.25, -0.2) is 0 Å². The number of hydrogen-bond donors (Lipinski definition) is 3. The lowest BCUT2D eigenvalue weighted by atomic mass is 10.1. The van der Waals surface area contributed by atoms with Crippen molar-refractivity contribution in [1.29, 1.82) is 5.26 Å². The van der Waals surface area contributed by atoms with Gasteiger partial charge in [-0.3, -0.25) is 4.79 Å². The highest BCUT2D eigenvalue weighted by Crippen LogP contribution is 2.28. The van der Waals surface area contributed by atoms with Gasteiger partial charge in [-0.1, -0.05) is 16.6 Å². The fourth-order valence-electron chi connectivity index (χ4n) is 2.66. The number of hydrogen-bond acceptors (Lipinski definition) is 9. The molecule has 0 bridgehead atoms. The van der Waals surface area contributed by atoms with Crippen molar-refractivity contribution in [2.45, 2.75) is 6.10 Å². The smallest absolute Gasteiger partial charge is 0.248 e. The van der Waals surface area contributed by atoms with Crippen LogP contribution in [-0.4, -0.2) is 53.0 Å². The molecule has 0 aliphatic rings. The zero-order valence-corrected chi connectivity index (χ0v) is 17.3. The Bertz CT molecular complexity index is 1050. The summed E-state index contributed by atoms with van der Waals surface area (Å²) in [4.78, 5) is 11.7.